The zero-order valence-corrected chi connectivity index (χ0v) is 14.8. The Bertz CT molecular complexity index is 743. The van der Waals surface area contributed by atoms with Crippen LogP contribution in [0.2, 0.25) is 0 Å². The Morgan fingerprint density at radius 1 is 1.20 bits per heavy atom. The Morgan fingerprint density at radius 3 is 3.00 bits per heavy atom. The first-order chi connectivity index (χ1) is 12.3. The highest BCUT2D eigenvalue weighted by molar-refractivity contribution is 5.36. The van der Waals surface area contributed by atoms with Gasteiger partial charge in [0.15, 0.2) is 0 Å². The molecule has 1 N–H and O–H groups in total. The van der Waals surface area contributed by atoms with E-state index < -0.39 is 0 Å². The molecule has 1 aliphatic heterocycles. The lowest BCUT2D eigenvalue weighted by Crippen LogP contribution is -2.15. The van der Waals surface area contributed by atoms with Gasteiger partial charge >= 0.3 is 0 Å². The van der Waals surface area contributed by atoms with Crippen molar-refractivity contribution >= 4 is 5.82 Å². The second-order valence-corrected chi connectivity index (χ2v) is 6.92. The van der Waals surface area contributed by atoms with Gasteiger partial charge in [-0.05, 0) is 44.6 Å². The van der Waals surface area contributed by atoms with Crippen LogP contribution in [0.1, 0.15) is 53.7 Å². The van der Waals surface area contributed by atoms with Crippen molar-refractivity contribution in [2.75, 3.05) is 25.1 Å². The first-order valence-corrected chi connectivity index (χ1v) is 9.28. The molecule has 6 nitrogen and oxygen atoms in total. The van der Waals surface area contributed by atoms with Gasteiger partial charge in [-0.2, -0.15) is 0 Å². The molecule has 25 heavy (non-hydrogen) atoms. The number of ether oxygens (including phenoxy) is 1. The Morgan fingerprint density at radius 2 is 2.12 bits per heavy atom. The number of aromatic nitrogens is 4. The van der Waals surface area contributed by atoms with E-state index in [1.165, 1.54) is 24.1 Å². The Labute approximate surface area is 148 Å². The van der Waals surface area contributed by atoms with Gasteiger partial charge in [-0.25, -0.2) is 19.9 Å². The molecule has 0 saturated carbocycles. The van der Waals surface area contributed by atoms with Crippen LogP contribution < -0.4 is 5.32 Å². The number of rotatable bonds is 5. The first kappa shape index (κ1) is 16.4. The predicted molar refractivity (Wildman–Crippen MR) is 95.8 cm³/mol. The number of nitrogens with one attached hydrogen (secondary N) is 1. The zero-order chi connectivity index (χ0) is 17.1. The van der Waals surface area contributed by atoms with Crippen molar-refractivity contribution in [3.8, 4) is 0 Å². The summed E-state index contributed by atoms with van der Waals surface area (Å²) in [6, 6.07) is 2.04. The SMILES string of the molecule is Cc1nc(CCNc2cc(C3CCOC3)ncn2)nc2c1CCCC2. The molecule has 1 fully saturated rings. The minimum Gasteiger partial charge on any atom is -0.381 e. The third-order valence-electron chi connectivity index (χ3n) is 5.13. The van der Waals surface area contributed by atoms with Gasteiger partial charge in [0.2, 0.25) is 0 Å². The fourth-order valence-corrected chi connectivity index (χ4v) is 3.72. The Kier molecular flexibility index (Phi) is 4.88. The van der Waals surface area contributed by atoms with E-state index in [0.717, 1.165) is 68.5 Å². The molecule has 2 aliphatic rings. The minimum atomic E-state index is 0.398. The number of aryl methyl sites for hydroxylation is 2. The van der Waals surface area contributed by atoms with E-state index in [9.17, 15) is 0 Å². The maximum Gasteiger partial charge on any atom is 0.130 e. The molecule has 3 heterocycles. The maximum absolute atomic E-state index is 5.45. The molecule has 2 aromatic heterocycles. The fourth-order valence-electron chi connectivity index (χ4n) is 3.72. The monoisotopic (exact) mass is 339 g/mol. The third-order valence-corrected chi connectivity index (χ3v) is 5.13. The van der Waals surface area contributed by atoms with Crippen molar-refractivity contribution in [1.29, 1.82) is 0 Å². The van der Waals surface area contributed by atoms with Gasteiger partial charge in [-0.15, -0.1) is 0 Å². The first-order valence-electron chi connectivity index (χ1n) is 9.28. The van der Waals surface area contributed by atoms with Crippen LogP contribution in [0.5, 0.6) is 0 Å². The van der Waals surface area contributed by atoms with Gasteiger partial charge in [-0.3, -0.25) is 0 Å². The molecule has 0 bridgehead atoms. The van der Waals surface area contributed by atoms with Crippen LogP contribution in [0.25, 0.3) is 0 Å². The summed E-state index contributed by atoms with van der Waals surface area (Å²) in [6.45, 7) is 4.48. The number of nitrogens with zero attached hydrogens (tertiary/aromatic N) is 4. The lowest BCUT2D eigenvalue weighted by atomic mass is 9.95. The van der Waals surface area contributed by atoms with Crippen LogP contribution in [0.4, 0.5) is 5.82 Å². The third kappa shape index (κ3) is 3.79. The average Bonchev–Trinajstić information content (AvgIpc) is 3.17. The lowest BCUT2D eigenvalue weighted by molar-refractivity contribution is 0.193. The van der Waals surface area contributed by atoms with Gasteiger partial charge in [-0.1, -0.05) is 0 Å². The minimum absolute atomic E-state index is 0.398. The van der Waals surface area contributed by atoms with Gasteiger partial charge in [0.05, 0.1) is 12.3 Å². The molecule has 0 aromatic carbocycles. The number of hydrogen-bond acceptors (Lipinski definition) is 6. The van der Waals surface area contributed by atoms with Crippen molar-refractivity contribution < 1.29 is 4.74 Å². The highest BCUT2D eigenvalue weighted by atomic mass is 16.5. The van der Waals surface area contributed by atoms with E-state index in [2.05, 4.69) is 22.2 Å². The van der Waals surface area contributed by atoms with Crippen molar-refractivity contribution in [2.24, 2.45) is 0 Å². The van der Waals surface area contributed by atoms with Crippen LogP contribution in [0.15, 0.2) is 12.4 Å². The fraction of sp³-hybridized carbons (Fsp3) is 0.579. The topological polar surface area (TPSA) is 72.8 Å². The molecule has 132 valence electrons. The van der Waals surface area contributed by atoms with E-state index in [4.69, 9.17) is 14.7 Å². The summed E-state index contributed by atoms with van der Waals surface area (Å²) in [7, 11) is 0. The standard InChI is InChI=1S/C19H25N5O/c1-13-15-4-2-3-5-16(15)24-18(23-13)6-8-20-19-10-17(21-12-22-19)14-7-9-25-11-14/h10,12,14H,2-9,11H2,1H3,(H,20,21,22). The Hall–Kier alpha value is -2.08. The van der Waals surface area contributed by atoms with Gasteiger partial charge in [0, 0.05) is 42.9 Å². The van der Waals surface area contributed by atoms with E-state index >= 15 is 0 Å². The molecular formula is C19H25N5O. The summed E-state index contributed by atoms with van der Waals surface area (Å²) in [4.78, 5) is 18.2. The van der Waals surface area contributed by atoms with E-state index in [-0.39, 0.29) is 0 Å². The molecule has 2 aromatic rings. The summed E-state index contributed by atoms with van der Waals surface area (Å²) < 4.78 is 5.45. The molecule has 0 amide bonds. The lowest BCUT2D eigenvalue weighted by Gasteiger charge is -2.17. The van der Waals surface area contributed by atoms with Gasteiger partial charge in [0.25, 0.3) is 0 Å². The average molecular weight is 339 g/mol. The molecular weight excluding hydrogens is 314 g/mol. The molecule has 4 rings (SSSR count). The highest BCUT2D eigenvalue weighted by Crippen LogP contribution is 2.24. The number of hydrogen-bond donors (Lipinski definition) is 1. The molecule has 6 heteroatoms. The predicted octanol–water partition coefficient (Wildman–Crippen LogP) is 2.61. The van der Waals surface area contributed by atoms with Crippen LogP contribution in [0, 0.1) is 6.92 Å². The summed E-state index contributed by atoms with van der Waals surface area (Å²) in [6.07, 6.45) is 8.22. The molecule has 1 aliphatic carbocycles. The summed E-state index contributed by atoms with van der Waals surface area (Å²) in [5, 5.41) is 3.38. The summed E-state index contributed by atoms with van der Waals surface area (Å²) in [5.41, 5.74) is 4.86. The zero-order valence-electron chi connectivity index (χ0n) is 14.8. The van der Waals surface area contributed by atoms with E-state index in [1.807, 2.05) is 6.07 Å². The normalized spacial score (nSPS) is 19.6. The van der Waals surface area contributed by atoms with Crippen molar-refractivity contribution in [3.63, 3.8) is 0 Å². The molecule has 0 spiro atoms. The van der Waals surface area contributed by atoms with Crippen molar-refractivity contribution in [2.45, 2.75) is 51.4 Å². The van der Waals surface area contributed by atoms with Crippen LogP contribution in [0.3, 0.4) is 0 Å². The second-order valence-electron chi connectivity index (χ2n) is 6.92. The molecule has 1 atom stereocenters. The maximum atomic E-state index is 5.45. The Balaban J connectivity index is 1.38. The van der Waals surface area contributed by atoms with Crippen LogP contribution in [-0.2, 0) is 24.0 Å². The highest BCUT2D eigenvalue weighted by Gasteiger charge is 2.19. The smallest absolute Gasteiger partial charge is 0.130 e. The number of anilines is 1. The van der Waals surface area contributed by atoms with Gasteiger partial charge in [0.1, 0.15) is 18.0 Å². The van der Waals surface area contributed by atoms with Crippen molar-refractivity contribution in [1.82, 2.24) is 19.9 Å². The van der Waals surface area contributed by atoms with E-state index in [0.29, 0.717) is 5.92 Å². The quantitative estimate of drug-likeness (QED) is 0.903. The van der Waals surface area contributed by atoms with Crippen LogP contribution in [-0.4, -0.2) is 39.7 Å². The largest absolute Gasteiger partial charge is 0.381 e. The second kappa shape index (κ2) is 7.44. The van der Waals surface area contributed by atoms with E-state index in [1.54, 1.807) is 6.33 Å². The molecule has 1 unspecified atom stereocenters. The molecule has 1 saturated heterocycles. The summed E-state index contributed by atoms with van der Waals surface area (Å²) in [5.74, 6) is 2.20. The van der Waals surface area contributed by atoms with Crippen molar-refractivity contribution in [3.05, 3.63) is 40.9 Å². The van der Waals surface area contributed by atoms with Crippen LogP contribution >= 0.6 is 0 Å². The van der Waals surface area contributed by atoms with Gasteiger partial charge < -0.3 is 10.1 Å². The molecule has 0 radical (unpaired) electrons. The number of fused-ring (bicyclic) bond motifs is 1. The summed E-state index contributed by atoms with van der Waals surface area (Å²) >= 11 is 0.